The molecular formula is C22H27NO5S. The summed E-state index contributed by atoms with van der Waals surface area (Å²) in [6.07, 6.45) is 1.62. The van der Waals surface area contributed by atoms with Gasteiger partial charge in [-0.05, 0) is 62.9 Å². The molecule has 0 unspecified atom stereocenters. The van der Waals surface area contributed by atoms with E-state index in [2.05, 4.69) is 0 Å². The molecule has 3 rings (SSSR count). The Balaban J connectivity index is 1.91. The number of carbonyl (C=O) groups is 1. The summed E-state index contributed by atoms with van der Waals surface area (Å²) in [7, 11) is -3.91. The van der Waals surface area contributed by atoms with Crippen molar-refractivity contribution in [3.63, 3.8) is 0 Å². The summed E-state index contributed by atoms with van der Waals surface area (Å²) >= 11 is 0. The summed E-state index contributed by atoms with van der Waals surface area (Å²) in [6, 6.07) is 14.1. The lowest BCUT2D eigenvalue weighted by Gasteiger charge is -2.25. The van der Waals surface area contributed by atoms with Gasteiger partial charge in [0.15, 0.2) is 0 Å². The Kier molecular flexibility index (Phi) is 6.29. The summed E-state index contributed by atoms with van der Waals surface area (Å²) in [5.41, 5.74) is 0.970. The van der Waals surface area contributed by atoms with E-state index in [1.807, 2.05) is 30.3 Å². The molecule has 156 valence electrons. The van der Waals surface area contributed by atoms with Gasteiger partial charge >= 0.3 is 5.97 Å². The van der Waals surface area contributed by atoms with Gasteiger partial charge in [0.2, 0.25) is 10.0 Å². The maximum Gasteiger partial charge on any atom is 0.321 e. The van der Waals surface area contributed by atoms with Crippen LogP contribution in [0.1, 0.15) is 38.3 Å². The number of nitrogens with zero attached hydrogens (tertiary/aromatic N) is 1. The normalized spacial score (nSPS) is 14.2. The average molecular weight is 418 g/mol. The average Bonchev–Trinajstić information content (AvgIpc) is 2.66. The van der Waals surface area contributed by atoms with Crippen LogP contribution in [0.2, 0.25) is 0 Å². The summed E-state index contributed by atoms with van der Waals surface area (Å²) < 4.78 is 38.9. The van der Waals surface area contributed by atoms with Crippen molar-refractivity contribution in [3.05, 3.63) is 59.7 Å². The monoisotopic (exact) mass is 417 g/mol. The number of fused-ring (bicyclic) bond motifs is 1. The zero-order valence-corrected chi connectivity index (χ0v) is 17.9. The fourth-order valence-electron chi connectivity index (χ4n) is 3.18. The Morgan fingerprint density at radius 2 is 1.86 bits per heavy atom. The SMILES string of the molecule is CC(C)(C)OC(=O)CN(Cc1ccccc1)S(=O)(=O)c1ccc2c(c1)CCCO2. The summed E-state index contributed by atoms with van der Waals surface area (Å²) in [4.78, 5) is 12.6. The highest BCUT2D eigenvalue weighted by Gasteiger charge is 2.30. The lowest BCUT2D eigenvalue weighted by atomic mass is 10.1. The Hall–Kier alpha value is -2.38. The second kappa shape index (κ2) is 8.55. The summed E-state index contributed by atoms with van der Waals surface area (Å²) in [5.74, 6) is 0.134. The molecule has 0 aromatic heterocycles. The van der Waals surface area contributed by atoms with Gasteiger partial charge in [0.25, 0.3) is 0 Å². The fourth-order valence-corrected chi connectivity index (χ4v) is 4.60. The Morgan fingerprint density at radius 3 is 2.55 bits per heavy atom. The quantitative estimate of drug-likeness (QED) is 0.672. The van der Waals surface area contributed by atoms with Gasteiger partial charge in [-0.3, -0.25) is 4.79 Å². The van der Waals surface area contributed by atoms with Crippen LogP contribution in [0.4, 0.5) is 0 Å². The van der Waals surface area contributed by atoms with Crippen molar-refractivity contribution < 1.29 is 22.7 Å². The van der Waals surface area contributed by atoms with Gasteiger partial charge in [0.1, 0.15) is 17.9 Å². The molecule has 0 amide bonds. The molecule has 2 aromatic carbocycles. The lowest BCUT2D eigenvalue weighted by Crippen LogP contribution is -2.38. The highest BCUT2D eigenvalue weighted by atomic mass is 32.2. The van der Waals surface area contributed by atoms with Crippen molar-refractivity contribution in [2.24, 2.45) is 0 Å². The van der Waals surface area contributed by atoms with E-state index >= 15 is 0 Å². The number of hydrogen-bond acceptors (Lipinski definition) is 5. The van der Waals surface area contributed by atoms with E-state index in [0.717, 1.165) is 29.7 Å². The zero-order chi connectivity index (χ0) is 21.1. The van der Waals surface area contributed by atoms with Crippen LogP contribution in [-0.4, -0.2) is 37.4 Å². The highest BCUT2D eigenvalue weighted by Crippen LogP contribution is 2.29. The van der Waals surface area contributed by atoms with Gasteiger partial charge < -0.3 is 9.47 Å². The van der Waals surface area contributed by atoms with Crippen LogP contribution in [0.25, 0.3) is 0 Å². The third-order valence-electron chi connectivity index (χ3n) is 4.44. The molecule has 0 N–H and O–H groups in total. The molecule has 0 aliphatic carbocycles. The van der Waals surface area contributed by atoms with Crippen molar-refractivity contribution in [3.8, 4) is 5.75 Å². The molecule has 0 radical (unpaired) electrons. The van der Waals surface area contributed by atoms with Gasteiger partial charge in [-0.2, -0.15) is 4.31 Å². The van der Waals surface area contributed by atoms with E-state index in [-0.39, 0.29) is 18.0 Å². The van der Waals surface area contributed by atoms with Crippen molar-refractivity contribution in [1.29, 1.82) is 0 Å². The van der Waals surface area contributed by atoms with Gasteiger partial charge in [0, 0.05) is 6.54 Å². The second-order valence-corrected chi connectivity index (χ2v) is 10.0. The first kappa shape index (κ1) is 21.3. The predicted molar refractivity (Wildman–Crippen MR) is 110 cm³/mol. The molecule has 6 nitrogen and oxygen atoms in total. The van der Waals surface area contributed by atoms with E-state index in [1.54, 1.807) is 32.9 Å². The first-order valence-corrected chi connectivity index (χ1v) is 11.1. The molecule has 1 aliphatic rings. The van der Waals surface area contributed by atoms with Crippen molar-refractivity contribution in [2.45, 2.75) is 50.7 Å². The molecular weight excluding hydrogens is 390 g/mol. The molecule has 7 heteroatoms. The largest absolute Gasteiger partial charge is 0.493 e. The van der Waals surface area contributed by atoms with Gasteiger partial charge in [-0.25, -0.2) is 8.42 Å². The van der Waals surface area contributed by atoms with E-state index in [9.17, 15) is 13.2 Å². The molecule has 1 heterocycles. The minimum Gasteiger partial charge on any atom is -0.493 e. The summed E-state index contributed by atoms with van der Waals surface area (Å²) in [5, 5.41) is 0. The minimum absolute atomic E-state index is 0.0794. The van der Waals surface area contributed by atoms with Gasteiger partial charge in [-0.15, -0.1) is 0 Å². The van der Waals surface area contributed by atoms with Crippen LogP contribution < -0.4 is 4.74 Å². The molecule has 2 aromatic rings. The third-order valence-corrected chi connectivity index (χ3v) is 6.23. The standard InChI is InChI=1S/C22H27NO5S/c1-22(2,3)28-21(24)16-23(15-17-8-5-4-6-9-17)29(25,26)19-11-12-20-18(14-19)10-7-13-27-20/h4-6,8-9,11-12,14H,7,10,13,15-16H2,1-3H3. The van der Waals surface area contributed by atoms with E-state index < -0.39 is 21.6 Å². The number of rotatable bonds is 6. The van der Waals surface area contributed by atoms with Crippen LogP contribution in [0, 0.1) is 0 Å². The second-order valence-electron chi connectivity index (χ2n) is 8.07. The molecule has 0 saturated heterocycles. The van der Waals surface area contributed by atoms with Gasteiger partial charge in [-0.1, -0.05) is 30.3 Å². The number of carbonyl (C=O) groups excluding carboxylic acids is 1. The first-order chi connectivity index (χ1) is 13.6. The van der Waals surface area contributed by atoms with Gasteiger partial charge in [0.05, 0.1) is 11.5 Å². The van der Waals surface area contributed by atoms with E-state index in [4.69, 9.17) is 9.47 Å². The fraction of sp³-hybridized carbons (Fsp3) is 0.409. The highest BCUT2D eigenvalue weighted by molar-refractivity contribution is 7.89. The number of ether oxygens (including phenoxy) is 2. The molecule has 0 saturated carbocycles. The van der Waals surface area contributed by atoms with Crippen molar-refractivity contribution in [2.75, 3.05) is 13.2 Å². The van der Waals surface area contributed by atoms with E-state index in [1.165, 1.54) is 10.4 Å². The molecule has 0 atom stereocenters. The van der Waals surface area contributed by atoms with Crippen LogP contribution in [-0.2, 0) is 32.5 Å². The van der Waals surface area contributed by atoms with Crippen LogP contribution in [0.5, 0.6) is 5.75 Å². The van der Waals surface area contributed by atoms with Crippen LogP contribution >= 0.6 is 0 Å². The predicted octanol–water partition coefficient (Wildman–Crippen LogP) is 3.54. The minimum atomic E-state index is -3.91. The molecule has 1 aliphatic heterocycles. The molecule has 0 fully saturated rings. The van der Waals surface area contributed by atoms with Crippen molar-refractivity contribution >= 4 is 16.0 Å². The third kappa shape index (κ3) is 5.58. The maximum absolute atomic E-state index is 13.4. The molecule has 0 spiro atoms. The number of sulfonamides is 1. The smallest absolute Gasteiger partial charge is 0.321 e. The van der Waals surface area contributed by atoms with Crippen LogP contribution in [0.15, 0.2) is 53.4 Å². The topological polar surface area (TPSA) is 72.9 Å². The Labute approximate surface area is 172 Å². The first-order valence-electron chi connectivity index (χ1n) is 9.67. The maximum atomic E-state index is 13.4. The number of hydrogen-bond donors (Lipinski definition) is 0. The molecule has 0 bridgehead atoms. The summed E-state index contributed by atoms with van der Waals surface area (Å²) in [6.45, 7) is 5.62. The van der Waals surface area contributed by atoms with E-state index in [0.29, 0.717) is 6.61 Å². The number of aryl methyl sites for hydroxylation is 1. The lowest BCUT2D eigenvalue weighted by molar-refractivity contribution is -0.155. The number of benzene rings is 2. The van der Waals surface area contributed by atoms with Crippen LogP contribution in [0.3, 0.4) is 0 Å². The molecule has 29 heavy (non-hydrogen) atoms. The zero-order valence-electron chi connectivity index (χ0n) is 17.1. The Morgan fingerprint density at radius 1 is 1.14 bits per heavy atom. The Bertz CT molecular complexity index is 964. The van der Waals surface area contributed by atoms with Crippen molar-refractivity contribution in [1.82, 2.24) is 4.31 Å². The number of esters is 1.